The van der Waals surface area contributed by atoms with E-state index in [9.17, 15) is 18.0 Å². The van der Waals surface area contributed by atoms with Crippen molar-refractivity contribution in [1.82, 2.24) is 14.8 Å². The number of anilines is 1. The van der Waals surface area contributed by atoms with E-state index in [1.54, 1.807) is 12.3 Å². The van der Waals surface area contributed by atoms with Crippen molar-refractivity contribution in [2.45, 2.75) is 43.9 Å². The lowest BCUT2D eigenvalue weighted by Crippen LogP contribution is -2.33. The number of alkyl halides is 3. The monoisotopic (exact) mass is 338 g/mol. The third-order valence-corrected chi connectivity index (χ3v) is 4.24. The van der Waals surface area contributed by atoms with E-state index >= 15 is 0 Å². The van der Waals surface area contributed by atoms with Crippen LogP contribution in [0.2, 0.25) is 0 Å². The van der Waals surface area contributed by atoms with E-state index < -0.39 is 11.7 Å². The van der Waals surface area contributed by atoms with E-state index in [0.717, 1.165) is 6.07 Å². The molecule has 1 N–H and O–H groups in total. The van der Waals surface area contributed by atoms with Gasteiger partial charge in [0.05, 0.1) is 11.6 Å². The van der Waals surface area contributed by atoms with Crippen molar-refractivity contribution in [1.29, 1.82) is 0 Å². The smallest absolute Gasteiger partial charge is 0.367 e. The zero-order valence-electron chi connectivity index (χ0n) is 12.8. The van der Waals surface area contributed by atoms with Gasteiger partial charge in [0.15, 0.2) is 0 Å². The van der Waals surface area contributed by atoms with Crippen LogP contribution in [0.25, 0.3) is 0 Å². The minimum absolute atomic E-state index is 0.0115. The van der Waals surface area contributed by atoms with E-state index in [2.05, 4.69) is 15.4 Å². The van der Waals surface area contributed by atoms with Gasteiger partial charge >= 0.3 is 6.18 Å². The second-order valence-electron chi connectivity index (χ2n) is 5.85. The summed E-state index contributed by atoms with van der Waals surface area (Å²) in [6, 6.07) is 5.23. The third kappa shape index (κ3) is 3.58. The van der Waals surface area contributed by atoms with E-state index in [0.29, 0.717) is 25.7 Å². The molecule has 1 aliphatic carbocycles. The first kappa shape index (κ1) is 16.5. The molecule has 0 spiro atoms. The molecule has 2 heterocycles. The van der Waals surface area contributed by atoms with Crippen molar-refractivity contribution in [2.75, 3.05) is 5.32 Å². The van der Waals surface area contributed by atoms with Crippen LogP contribution in [0.1, 0.15) is 37.3 Å². The van der Waals surface area contributed by atoms with Crippen molar-refractivity contribution in [3.63, 3.8) is 0 Å². The van der Waals surface area contributed by atoms with Gasteiger partial charge in [0, 0.05) is 24.5 Å². The summed E-state index contributed by atoms with van der Waals surface area (Å²) in [5.74, 6) is -0.136. The van der Waals surface area contributed by atoms with Gasteiger partial charge in [-0.2, -0.15) is 18.3 Å². The highest BCUT2D eigenvalue weighted by molar-refractivity contribution is 5.46. The molecular weight excluding hydrogens is 321 g/mol. The molecule has 3 rings (SSSR count). The number of hydrogen-bond acceptors (Lipinski definition) is 4. The molecule has 0 bridgehead atoms. The Morgan fingerprint density at radius 1 is 1.08 bits per heavy atom. The van der Waals surface area contributed by atoms with Crippen LogP contribution >= 0.6 is 0 Å². The molecule has 2 aromatic rings. The molecule has 1 fully saturated rings. The van der Waals surface area contributed by atoms with Crippen LogP contribution in [0.4, 0.5) is 19.0 Å². The molecule has 0 saturated heterocycles. The second kappa shape index (κ2) is 6.62. The summed E-state index contributed by atoms with van der Waals surface area (Å²) >= 11 is 0. The highest BCUT2D eigenvalue weighted by Crippen LogP contribution is 2.35. The first-order valence-corrected chi connectivity index (χ1v) is 7.78. The van der Waals surface area contributed by atoms with Crippen LogP contribution in [0.5, 0.6) is 0 Å². The van der Waals surface area contributed by atoms with Crippen LogP contribution in [-0.2, 0) is 6.18 Å². The Balaban J connectivity index is 1.67. The van der Waals surface area contributed by atoms with Crippen LogP contribution in [0, 0.1) is 0 Å². The molecule has 1 aliphatic rings. The van der Waals surface area contributed by atoms with Crippen LogP contribution in [0.3, 0.4) is 0 Å². The van der Waals surface area contributed by atoms with E-state index in [1.165, 1.54) is 23.0 Å². The normalized spacial score (nSPS) is 21.5. The van der Waals surface area contributed by atoms with Crippen LogP contribution in [-0.4, -0.2) is 20.8 Å². The molecule has 0 aromatic carbocycles. The molecule has 5 nitrogen and oxygen atoms in total. The fourth-order valence-electron chi connectivity index (χ4n) is 3.05. The maximum atomic E-state index is 13.0. The lowest BCUT2D eigenvalue weighted by Gasteiger charge is -2.30. The Bertz CT molecular complexity index is 751. The predicted octanol–water partition coefficient (Wildman–Crippen LogP) is 3.25. The van der Waals surface area contributed by atoms with Gasteiger partial charge in [-0.25, -0.2) is 9.67 Å². The summed E-state index contributed by atoms with van der Waals surface area (Å²) in [5.41, 5.74) is -0.911. The summed E-state index contributed by atoms with van der Waals surface area (Å²) in [4.78, 5) is 15.6. The van der Waals surface area contributed by atoms with E-state index in [1.807, 2.05) is 0 Å². The maximum Gasteiger partial charge on any atom is 0.419 e. The molecule has 0 radical (unpaired) electrons. The molecular formula is C16H17F3N4O. The van der Waals surface area contributed by atoms with Gasteiger partial charge in [0.1, 0.15) is 5.82 Å². The topological polar surface area (TPSA) is 59.8 Å². The Kier molecular flexibility index (Phi) is 4.55. The van der Waals surface area contributed by atoms with Gasteiger partial charge in [-0.3, -0.25) is 4.79 Å². The van der Waals surface area contributed by atoms with Gasteiger partial charge in [-0.1, -0.05) is 0 Å². The maximum absolute atomic E-state index is 13.0. The Hall–Kier alpha value is -2.38. The highest BCUT2D eigenvalue weighted by atomic mass is 19.4. The molecule has 8 heteroatoms. The van der Waals surface area contributed by atoms with E-state index in [4.69, 9.17) is 0 Å². The number of rotatable bonds is 3. The van der Waals surface area contributed by atoms with Crippen molar-refractivity contribution in [3.8, 4) is 0 Å². The fourth-order valence-corrected chi connectivity index (χ4v) is 3.05. The molecule has 0 unspecified atom stereocenters. The SMILES string of the molecule is O=c1cccnn1C1CCC(Nc2ncccc2C(F)(F)F)CC1. The number of pyridine rings is 1. The summed E-state index contributed by atoms with van der Waals surface area (Å²) in [7, 11) is 0. The van der Waals surface area contributed by atoms with Gasteiger partial charge < -0.3 is 5.32 Å². The van der Waals surface area contributed by atoms with Crippen LogP contribution in [0.15, 0.2) is 41.5 Å². The van der Waals surface area contributed by atoms with Crippen molar-refractivity contribution in [2.24, 2.45) is 0 Å². The number of hydrogen-bond donors (Lipinski definition) is 1. The van der Waals surface area contributed by atoms with Gasteiger partial charge in [0.2, 0.25) is 0 Å². The van der Waals surface area contributed by atoms with Crippen molar-refractivity contribution >= 4 is 5.82 Å². The number of aromatic nitrogens is 3. The zero-order chi connectivity index (χ0) is 17.2. The lowest BCUT2D eigenvalue weighted by atomic mass is 9.91. The minimum Gasteiger partial charge on any atom is -0.367 e. The second-order valence-corrected chi connectivity index (χ2v) is 5.85. The lowest BCUT2D eigenvalue weighted by molar-refractivity contribution is -0.137. The first-order chi connectivity index (χ1) is 11.4. The largest absolute Gasteiger partial charge is 0.419 e. The van der Waals surface area contributed by atoms with Crippen LogP contribution < -0.4 is 10.9 Å². The Labute approximate surface area is 136 Å². The molecule has 24 heavy (non-hydrogen) atoms. The first-order valence-electron chi connectivity index (χ1n) is 7.78. The standard InChI is InChI=1S/C16H17F3N4O/c17-16(18,19)13-3-1-9-20-15(13)22-11-5-7-12(8-6-11)23-14(24)4-2-10-21-23/h1-4,9-12H,5-8H2,(H,20,22). The third-order valence-electron chi connectivity index (χ3n) is 4.24. The average Bonchev–Trinajstić information content (AvgIpc) is 2.56. The minimum atomic E-state index is -4.44. The Morgan fingerprint density at radius 2 is 1.79 bits per heavy atom. The zero-order valence-corrected chi connectivity index (χ0v) is 12.8. The van der Waals surface area contributed by atoms with Crippen molar-refractivity contribution < 1.29 is 13.2 Å². The summed E-state index contributed by atoms with van der Waals surface area (Å²) < 4.78 is 40.5. The number of nitrogens with one attached hydrogen (secondary N) is 1. The number of halogens is 3. The van der Waals surface area contributed by atoms with E-state index in [-0.39, 0.29) is 23.5 Å². The summed E-state index contributed by atoms with van der Waals surface area (Å²) in [5, 5.41) is 6.98. The fraction of sp³-hybridized carbons (Fsp3) is 0.438. The Morgan fingerprint density at radius 3 is 2.46 bits per heavy atom. The van der Waals surface area contributed by atoms with Gasteiger partial charge in [-0.15, -0.1) is 0 Å². The quantitative estimate of drug-likeness (QED) is 0.933. The molecule has 0 amide bonds. The molecule has 128 valence electrons. The highest BCUT2D eigenvalue weighted by Gasteiger charge is 2.35. The number of nitrogens with zero attached hydrogens (tertiary/aromatic N) is 3. The summed E-state index contributed by atoms with van der Waals surface area (Å²) in [6.07, 6.45) is 1.15. The average molecular weight is 338 g/mol. The van der Waals surface area contributed by atoms with Gasteiger partial charge in [0.25, 0.3) is 5.56 Å². The van der Waals surface area contributed by atoms with Crippen molar-refractivity contribution in [3.05, 3.63) is 52.6 Å². The molecule has 1 saturated carbocycles. The summed E-state index contributed by atoms with van der Waals surface area (Å²) in [6.45, 7) is 0. The molecule has 0 atom stereocenters. The van der Waals surface area contributed by atoms with Gasteiger partial charge in [-0.05, 0) is 43.9 Å². The predicted molar refractivity (Wildman–Crippen MR) is 82.7 cm³/mol. The molecule has 0 aliphatic heterocycles. The molecule has 2 aromatic heterocycles.